The fraction of sp³-hybridized carbons (Fsp3) is 0.375. The SMILES string of the molecule is Cl.Cn1cc([C@H]2CNC[C@@H]2C(=O)NCc2ccccc2Cl)cn1. The van der Waals surface area contributed by atoms with E-state index in [0.29, 0.717) is 18.1 Å². The first-order chi connectivity index (χ1) is 10.6. The van der Waals surface area contributed by atoms with Gasteiger partial charge in [-0.3, -0.25) is 9.48 Å². The van der Waals surface area contributed by atoms with Crippen molar-refractivity contribution < 1.29 is 4.79 Å². The maximum Gasteiger partial charge on any atom is 0.225 e. The molecule has 0 bridgehead atoms. The van der Waals surface area contributed by atoms with E-state index in [2.05, 4.69) is 15.7 Å². The van der Waals surface area contributed by atoms with Crippen molar-refractivity contribution in [1.29, 1.82) is 0 Å². The van der Waals surface area contributed by atoms with Crippen molar-refractivity contribution in [2.75, 3.05) is 13.1 Å². The van der Waals surface area contributed by atoms with Crippen molar-refractivity contribution in [1.82, 2.24) is 20.4 Å². The molecular formula is C16H20Cl2N4O. The molecule has 1 aliphatic heterocycles. The third-order valence-electron chi connectivity index (χ3n) is 4.11. The van der Waals surface area contributed by atoms with E-state index in [9.17, 15) is 4.79 Å². The van der Waals surface area contributed by atoms with E-state index in [4.69, 9.17) is 11.6 Å². The van der Waals surface area contributed by atoms with Crippen LogP contribution in [0.3, 0.4) is 0 Å². The van der Waals surface area contributed by atoms with Gasteiger partial charge in [0.1, 0.15) is 0 Å². The summed E-state index contributed by atoms with van der Waals surface area (Å²) in [6.07, 6.45) is 3.82. The number of rotatable bonds is 4. The van der Waals surface area contributed by atoms with Crippen LogP contribution in [0.1, 0.15) is 17.0 Å². The fourth-order valence-corrected chi connectivity index (χ4v) is 3.09. The lowest BCUT2D eigenvalue weighted by Crippen LogP contribution is -2.34. The number of hydrogen-bond acceptors (Lipinski definition) is 3. The monoisotopic (exact) mass is 354 g/mol. The van der Waals surface area contributed by atoms with Crippen LogP contribution < -0.4 is 10.6 Å². The van der Waals surface area contributed by atoms with Crippen LogP contribution in [-0.4, -0.2) is 28.8 Å². The number of halogens is 2. The third-order valence-corrected chi connectivity index (χ3v) is 4.48. The molecule has 2 aromatic rings. The highest BCUT2D eigenvalue weighted by Gasteiger charge is 2.34. The Bertz CT molecular complexity index is 674. The zero-order chi connectivity index (χ0) is 15.5. The minimum atomic E-state index is -0.0771. The Balaban J connectivity index is 0.00000192. The summed E-state index contributed by atoms with van der Waals surface area (Å²) in [5.41, 5.74) is 2.03. The van der Waals surface area contributed by atoms with Gasteiger partial charge in [-0.1, -0.05) is 29.8 Å². The lowest BCUT2D eigenvalue weighted by atomic mass is 9.90. The molecule has 0 radical (unpaired) electrons. The standard InChI is InChI=1S/C16H19ClN4O.ClH/c1-21-10-12(7-20-21)13-8-18-9-14(13)16(22)19-6-11-4-2-3-5-15(11)17;/h2-5,7,10,13-14,18H,6,8-9H2,1H3,(H,19,22);1H/t13-,14+;/m1./s1. The molecule has 7 heteroatoms. The van der Waals surface area contributed by atoms with Crippen LogP contribution >= 0.6 is 24.0 Å². The Hall–Kier alpha value is -1.56. The van der Waals surface area contributed by atoms with E-state index in [-0.39, 0.29) is 30.2 Å². The summed E-state index contributed by atoms with van der Waals surface area (Å²) in [6.45, 7) is 1.94. The zero-order valence-electron chi connectivity index (χ0n) is 12.8. The summed E-state index contributed by atoms with van der Waals surface area (Å²) in [5.74, 6) is 0.144. The maximum atomic E-state index is 12.5. The first-order valence-electron chi connectivity index (χ1n) is 7.35. The molecule has 0 aliphatic carbocycles. The Labute approximate surface area is 146 Å². The number of aromatic nitrogens is 2. The van der Waals surface area contributed by atoms with Crippen LogP contribution in [-0.2, 0) is 18.4 Å². The molecule has 2 atom stereocenters. The Kier molecular flexibility index (Phi) is 6.04. The molecule has 0 saturated carbocycles. The Morgan fingerprint density at radius 2 is 2.22 bits per heavy atom. The molecular weight excluding hydrogens is 335 g/mol. The number of hydrogen-bond donors (Lipinski definition) is 2. The lowest BCUT2D eigenvalue weighted by Gasteiger charge is -2.17. The molecule has 23 heavy (non-hydrogen) atoms. The van der Waals surface area contributed by atoms with Crippen LogP contribution in [0, 0.1) is 5.92 Å². The van der Waals surface area contributed by atoms with Crippen LogP contribution in [0.5, 0.6) is 0 Å². The quantitative estimate of drug-likeness (QED) is 0.883. The molecule has 1 saturated heterocycles. The topological polar surface area (TPSA) is 59.0 Å². The molecule has 2 N–H and O–H groups in total. The average Bonchev–Trinajstić information content (AvgIpc) is 3.14. The average molecular weight is 355 g/mol. The van der Waals surface area contributed by atoms with E-state index in [1.54, 1.807) is 4.68 Å². The van der Waals surface area contributed by atoms with E-state index in [1.807, 2.05) is 43.7 Å². The summed E-state index contributed by atoms with van der Waals surface area (Å²) in [7, 11) is 1.89. The van der Waals surface area contributed by atoms with E-state index >= 15 is 0 Å². The van der Waals surface area contributed by atoms with Crippen molar-refractivity contribution in [2.24, 2.45) is 13.0 Å². The van der Waals surface area contributed by atoms with Gasteiger partial charge in [-0.2, -0.15) is 5.10 Å². The molecule has 1 aliphatic rings. The van der Waals surface area contributed by atoms with Gasteiger partial charge >= 0.3 is 0 Å². The molecule has 1 amide bonds. The van der Waals surface area contributed by atoms with Gasteiger partial charge in [0.05, 0.1) is 12.1 Å². The Morgan fingerprint density at radius 1 is 1.43 bits per heavy atom. The summed E-state index contributed by atoms with van der Waals surface area (Å²) in [4.78, 5) is 12.5. The minimum absolute atomic E-state index is 0. The Morgan fingerprint density at radius 3 is 2.91 bits per heavy atom. The normalized spacial score (nSPS) is 20.1. The first-order valence-corrected chi connectivity index (χ1v) is 7.73. The molecule has 124 valence electrons. The summed E-state index contributed by atoms with van der Waals surface area (Å²) in [6, 6.07) is 7.56. The van der Waals surface area contributed by atoms with Crippen molar-refractivity contribution in [2.45, 2.75) is 12.5 Å². The largest absolute Gasteiger partial charge is 0.352 e. The molecule has 1 fully saturated rings. The molecule has 1 aromatic heterocycles. The predicted octanol–water partition coefficient (Wildman–Crippen LogP) is 2.11. The lowest BCUT2D eigenvalue weighted by molar-refractivity contribution is -0.125. The smallest absolute Gasteiger partial charge is 0.225 e. The molecule has 0 unspecified atom stereocenters. The highest BCUT2D eigenvalue weighted by atomic mass is 35.5. The molecule has 5 nitrogen and oxygen atoms in total. The number of carbonyl (C=O) groups is 1. The first kappa shape index (κ1) is 17.8. The van der Waals surface area contributed by atoms with Crippen molar-refractivity contribution in [3.63, 3.8) is 0 Å². The molecule has 0 spiro atoms. The predicted molar refractivity (Wildman–Crippen MR) is 92.9 cm³/mol. The highest BCUT2D eigenvalue weighted by Crippen LogP contribution is 2.28. The molecule has 1 aromatic carbocycles. The van der Waals surface area contributed by atoms with Gasteiger partial charge in [0.2, 0.25) is 5.91 Å². The number of nitrogens with zero attached hydrogens (tertiary/aromatic N) is 2. The minimum Gasteiger partial charge on any atom is -0.352 e. The van der Waals surface area contributed by atoms with Gasteiger partial charge in [-0.15, -0.1) is 12.4 Å². The van der Waals surface area contributed by atoms with Crippen LogP contribution in [0.4, 0.5) is 0 Å². The molecule has 3 rings (SSSR count). The van der Waals surface area contributed by atoms with E-state index in [1.165, 1.54) is 0 Å². The van der Waals surface area contributed by atoms with Crippen molar-refractivity contribution in [3.05, 3.63) is 52.8 Å². The second-order valence-corrected chi connectivity index (χ2v) is 6.03. The third kappa shape index (κ3) is 4.05. The van der Waals surface area contributed by atoms with Gasteiger partial charge in [0.25, 0.3) is 0 Å². The van der Waals surface area contributed by atoms with Crippen LogP contribution in [0.25, 0.3) is 0 Å². The van der Waals surface area contributed by atoms with Crippen molar-refractivity contribution in [3.8, 4) is 0 Å². The van der Waals surface area contributed by atoms with Crippen LogP contribution in [0.2, 0.25) is 5.02 Å². The number of benzene rings is 1. The number of amides is 1. The van der Waals surface area contributed by atoms with Gasteiger partial charge in [0, 0.05) is 43.8 Å². The van der Waals surface area contributed by atoms with E-state index < -0.39 is 0 Å². The summed E-state index contributed by atoms with van der Waals surface area (Å²) < 4.78 is 1.77. The van der Waals surface area contributed by atoms with Gasteiger partial charge in [-0.25, -0.2) is 0 Å². The summed E-state index contributed by atoms with van der Waals surface area (Å²) >= 11 is 6.12. The molecule has 2 heterocycles. The van der Waals surface area contributed by atoms with Gasteiger partial charge in [0.15, 0.2) is 0 Å². The van der Waals surface area contributed by atoms with Gasteiger partial charge in [-0.05, 0) is 17.2 Å². The van der Waals surface area contributed by atoms with Crippen molar-refractivity contribution >= 4 is 29.9 Å². The number of aryl methyl sites for hydroxylation is 1. The van der Waals surface area contributed by atoms with Gasteiger partial charge < -0.3 is 10.6 Å². The fourth-order valence-electron chi connectivity index (χ4n) is 2.89. The number of nitrogens with one attached hydrogen (secondary N) is 2. The second kappa shape index (κ2) is 7.81. The number of carbonyl (C=O) groups excluding carboxylic acids is 1. The second-order valence-electron chi connectivity index (χ2n) is 5.63. The summed E-state index contributed by atoms with van der Waals surface area (Å²) in [5, 5.41) is 11.2. The zero-order valence-corrected chi connectivity index (χ0v) is 14.4. The maximum absolute atomic E-state index is 12.5. The highest BCUT2D eigenvalue weighted by molar-refractivity contribution is 6.31. The van der Waals surface area contributed by atoms with E-state index in [0.717, 1.165) is 17.7 Å². The van der Waals surface area contributed by atoms with Crippen LogP contribution in [0.15, 0.2) is 36.7 Å².